The number of aliphatic imine (C=N–C) groups is 1. The fourth-order valence-electron chi connectivity index (χ4n) is 1.72. The summed E-state index contributed by atoms with van der Waals surface area (Å²) in [4.78, 5) is 4.29. The Morgan fingerprint density at radius 2 is 2.05 bits per heavy atom. The molecule has 0 heterocycles. The Labute approximate surface area is 126 Å². The molecule has 0 radical (unpaired) electrons. The van der Waals surface area contributed by atoms with Gasteiger partial charge in [0, 0.05) is 31.3 Å². The van der Waals surface area contributed by atoms with Gasteiger partial charge < -0.3 is 15.8 Å². The van der Waals surface area contributed by atoms with Crippen LogP contribution in [0.5, 0.6) is 0 Å². The standard InChI is InChI=1S/C15H24ClN3O/c1-2-20-12-4-11-19-15(17)18-10-3-5-13-6-8-14(16)9-7-13/h6-9H,2-5,10-12H2,1H3,(H3,17,18,19). The van der Waals surface area contributed by atoms with Crippen molar-refractivity contribution in [2.24, 2.45) is 10.7 Å². The second-order valence-corrected chi connectivity index (χ2v) is 4.91. The Hall–Kier alpha value is -1.26. The number of halogens is 1. The average molecular weight is 298 g/mol. The third-order valence-electron chi connectivity index (χ3n) is 2.79. The van der Waals surface area contributed by atoms with Crippen LogP contribution in [-0.4, -0.2) is 32.3 Å². The summed E-state index contributed by atoms with van der Waals surface area (Å²) in [6.07, 6.45) is 2.90. The number of rotatable bonds is 9. The molecule has 0 aliphatic rings. The molecule has 1 aromatic rings. The Morgan fingerprint density at radius 3 is 2.75 bits per heavy atom. The van der Waals surface area contributed by atoms with Crippen LogP contribution in [0.4, 0.5) is 0 Å². The lowest BCUT2D eigenvalue weighted by Gasteiger charge is -2.05. The number of guanidine groups is 1. The first-order valence-corrected chi connectivity index (χ1v) is 7.46. The molecule has 5 heteroatoms. The van der Waals surface area contributed by atoms with Crippen molar-refractivity contribution in [2.45, 2.75) is 26.2 Å². The highest BCUT2D eigenvalue weighted by Crippen LogP contribution is 2.10. The van der Waals surface area contributed by atoms with Crippen molar-refractivity contribution in [3.63, 3.8) is 0 Å². The van der Waals surface area contributed by atoms with Gasteiger partial charge in [0.25, 0.3) is 0 Å². The van der Waals surface area contributed by atoms with Gasteiger partial charge in [-0.2, -0.15) is 0 Å². The molecular weight excluding hydrogens is 274 g/mol. The summed E-state index contributed by atoms with van der Waals surface area (Å²) in [7, 11) is 0. The minimum Gasteiger partial charge on any atom is -0.382 e. The summed E-state index contributed by atoms with van der Waals surface area (Å²) in [6.45, 7) is 5.03. The lowest BCUT2D eigenvalue weighted by molar-refractivity contribution is 0.145. The largest absolute Gasteiger partial charge is 0.382 e. The minimum atomic E-state index is 0.512. The maximum atomic E-state index is 5.84. The molecule has 1 rings (SSSR count). The zero-order chi connectivity index (χ0) is 14.6. The first kappa shape index (κ1) is 16.8. The average Bonchev–Trinajstić information content (AvgIpc) is 2.45. The van der Waals surface area contributed by atoms with Crippen LogP contribution in [0.1, 0.15) is 25.3 Å². The van der Waals surface area contributed by atoms with Gasteiger partial charge in [0.15, 0.2) is 5.96 Å². The molecular formula is C15H24ClN3O. The molecule has 0 aromatic heterocycles. The first-order chi connectivity index (χ1) is 9.72. The van der Waals surface area contributed by atoms with E-state index in [0.29, 0.717) is 5.96 Å². The van der Waals surface area contributed by atoms with Gasteiger partial charge in [-0.3, -0.25) is 4.99 Å². The third kappa shape index (κ3) is 8.02. The third-order valence-corrected chi connectivity index (χ3v) is 3.05. The van der Waals surface area contributed by atoms with E-state index in [4.69, 9.17) is 22.1 Å². The van der Waals surface area contributed by atoms with Crippen LogP contribution in [0.25, 0.3) is 0 Å². The summed E-state index contributed by atoms with van der Waals surface area (Å²) in [5.74, 6) is 0.512. The van der Waals surface area contributed by atoms with Gasteiger partial charge in [-0.25, -0.2) is 0 Å². The molecule has 0 aliphatic carbocycles. The Balaban J connectivity index is 2.09. The van der Waals surface area contributed by atoms with Crippen LogP contribution >= 0.6 is 11.6 Å². The molecule has 0 bridgehead atoms. The highest BCUT2D eigenvalue weighted by Gasteiger charge is 1.95. The van der Waals surface area contributed by atoms with Crippen molar-refractivity contribution in [2.75, 3.05) is 26.3 Å². The molecule has 3 N–H and O–H groups in total. The number of hydrogen-bond donors (Lipinski definition) is 2. The number of benzene rings is 1. The summed E-state index contributed by atoms with van der Waals surface area (Å²) >= 11 is 5.84. The molecule has 112 valence electrons. The van der Waals surface area contributed by atoms with Crippen LogP contribution in [0.2, 0.25) is 5.02 Å². The van der Waals surface area contributed by atoms with E-state index in [2.05, 4.69) is 10.3 Å². The van der Waals surface area contributed by atoms with Crippen LogP contribution in [0, 0.1) is 0 Å². The van der Waals surface area contributed by atoms with Gasteiger partial charge >= 0.3 is 0 Å². The van der Waals surface area contributed by atoms with Crippen molar-refractivity contribution in [3.8, 4) is 0 Å². The maximum absolute atomic E-state index is 5.84. The van der Waals surface area contributed by atoms with E-state index < -0.39 is 0 Å². The van der Waals surface area contributed by atoms with Crippen molar-refractivity contribution < 1.29 is 4.74 Å². The molecule has 1 aromatic carbocycles. The summed E-state index contributed by atoms with van der Waals surface area (Å²) in [6, 6.07) is 7.91. The highest BCUT2D eigenvalue weighted by molar-refractivity contribution is 6.30. The van der Waals surface area contributed by atoms with E-state index in [1.54, 1.807) is 0 Å². The van der Waals surface area contributed by atoms with Gasteiger partial charge in [0.2, 0.25) is 0 Å². The summed E-state index contributed by atoms with van der Waals surface area (Å²) < 4.78 is 5.24. The number of ether oxygens (including phenoxy) is 1. The molecule has 4 nitrogen and oxygen atoms in total. The molecule has 0 spiro atoms. The van der Waals surface area contributed by atoms with Gasteiger partial charge in [-0.15, -0.1) is 0 Å². The van der Waals surface area contributed by atoms with Crippen molar-refractivity contribution in [1.82, 2.24) is 5.32 Å². The normalized spacial score (nSPS) is 11.6. The Bertz CT molecular complexity index is 393. The zero-order valence-electron chi connectivity index (χ0n) is 12.1. The molecule has 0 saturated carbocycles. The van der Waals surface area contributed by atoms with Gasteiger partial charge in [0.1, 0.15) is 0 Å². The van der Waals surface area contributed by atoms with E-state index in [1.807, 2.05) is 31.2 Å². The fourth-order valence-corrected chi connectivity index (χ4v) is 1.85. The van der Waals surface area contributed by atoms with E-state index in [1.165, 1.54) is 5.56 Å². The van der Waals surface area contributed by atoms with Crippen LogP contribution in [0.15, 0.2) is 29.3 Å². The van der Waals surface area contributed by atoms with E-state index in [9.17, 15) is 0 Å². The summed E-state index contributed by atoms with van der Waals surface area (Å²) in [5, 5.41) is 3.85. The Morgan fingerprint density at radius 1 is 1.30 bits per heavy atom. The number of hydrogen-bond acceptors (Lipinski definition) is 2. The highest BCUT2D eigenvalue weighted by atomic mass is 35.5. The van der Waals surface area contributed by atoms with Gasteiger partial charge in [0.05, 0.1) is 0 Å². The lowest BCUT2D eigenvalue weighted by atomic mass is 10.1. The van der Waals surface area contributed by atoms with Gasteiger partial charge in [-0.1, -0.05) is 23.7 Å². The fraction of sp³-hybridized carbons (Fsp3) is 0.533. The smallest absolute Gasteiger partial charge is 0.188 e. The molecule has 0 unspecified atom stereocenters. The van der Waals surface area contributed by atoms with E-state index >= 15 is 0 Å². The monoisotopic (exact) mass is 297 g/mol. The molecule has 0 atom stereocenters. The lowest BCUT2D eigenvalue weighted by Crippen LogP contribution is -2.33. The maximum Gasteiger partial charge on any atom is 0.188 e. The van der Waals surface area contributed by atoms with E-state index in [-0.39, 0.29) is 0 Å². The van der Waals surface area contributed by atoms with Crippen LogP contribution < -0.4 is 11.1 Å². The number of aryl methyl sites for hydroxylation is 1. The minimum absolute atomic E-state index is 0.512. The second kappa shape index (κ2) is 10.5. The predicted molar refractivity (Wildman–Crippen MR) is 85.4 cm³/mol. The first-order valence-electron chi connectivity index (χ1n) is 7.08. The molecule has 20 heavy (non-hydrogen) atoms. The topological polar surface area (TPSA) is 59.6 Å². The van der Waals surface area contributed by atoms with Gasteiger partial charge in [-0.05, 0) is 43.9 Å². The summed E-state index contributed by atoms with van der Waals surface area (Å²) in [5.41, 5.74) is 7.04. The zero-order valence-corrected chi connectivity index (χ0v) is 12.8. The van der Waals surface area contributed by atoms with Crippen LogP contribution in [0.3, 0.4) is 0 Å². The second-order valence-electron chi connectivity index (χ2n) is 4.47. The van der Waals surface area contributed by atoms with Crippen LogP contribution in [-0.2, 0) is 11.2 Å². The van der Waals surface area contributed by atoms with E-state index in [0.717, 1.165) is 50.6 Å². The molecule has 0 aliphatic heterocycles. The predicted octanol–water partition coefficient (Wildman–Crippen LogP) is 2.60. The molecule has 0 saturated heterocycles. The van der Waals surface area contributed by atoms with Crippen molar-refractivity contribution in [1.29, 1.82) is 0 Å². The Kier molecular flexibility index (Phi) is 8.83. The quantitative estimate of drug-likeness (QED) is 0.418. The van der Waals surface area contributed by atoms with Crippen molar-refractivity contribution in [3.05, 3.63) is 34.9 Å². The number of nitrogens with two attached hydrogens (primary N) is 1. The molecule has 0 fully saturated rings. The molecule has 0 amide bonds. The van der Waals surface area contributed by atoms with Crippen molar-refractivity contribution >= 4 is 17.6 Å². The number of nitrogens with one attached hydrogen (secondary N) is 1. The number of nitrogens with zero attached hydrogens (tertiary/aromatic N) is 1. The SMILES string of the molecule is CCOCCCNC(N)=NCCCc1ccc(Cl)cc1.